The zero-order valence-electron chi connectivity index (χ0n) is 8.83. The van der Waals surface area contributed by atoms with E-state index in [1.807, 2.05) is 0 Å². The van der Waals surface area contributed by atoms with Gasteiger partial charge in [0.05, 0.1) is 6.07 Å². The van der Waals surface area contributed by atoms with E-state index in [2.05, 4.69) is 0 Å². The van der Waals surface area contributed by atoms with Crippen LogP contribution in [0.3, 0.4) is 0 Å². The van der Waals surface area contributed by atoms with E-state index in [0.717, 1.165) is 0 Å². The van der Waals surface area contributed by atoms with Crippen LogP contribution in [0.2, 0.25) is 0 Å². The third kappa shape index (κ3) is 3.34. The summed E-state index contributed by atoms with van der Waals surface area (Å²) in [7, 11) is 0. The van der Waals surface area contributed by atoms with Crippen LogP contribution in [0.4, 0.5) is 13.2 Å². The molecule has 1 rings (SSSR count). The van der Waals surface area contributed by atoms with Crippen LogP contribution in [0.1, 0.15) is 6.42 Å². The number of carbonyl (C=O) groups excluding carboxylic acids is 2. The molecule has 0 spiro atoms. The van der Waals surface area contributed by atoms with Gasteiger partial charge in [-0.05, 0) is 0 Å². The number of halogens is 3. The highest BCUT2D eigenvalue weighted by molar-refractivity contribution is 5.82. The van der Waals surface area contributed by atoms with Crippen molar-refractivity contribution in [2.24, 2.45) is 0 Å². The van der Waals surface area contributed by atoms with Gasteiger partial charge in [0.1, 0.15) is 6.42 Å². The molecule has 0 saturated carbocycles. The van der Waals surface area contributed by atoms with Gasteiger partial charge in [-0.3, -0.25) is 9.59 Å². The van der Waals surface area contributed by atoms with Gasteiger partial charge in [-0.15, -0.1) is 0 Å². The quantitative estimate of drug-likeness (QED) is 0.663. The van der Waals surface area contributed by atoms with Gasteiger partial charge in [0, 0.05) is 26.2 Å². The second-order valence-electron chi connectivity index (χ2n) is 3.51. The molecule has 0 N–H and O–H groups in total. The number of rotatable bonds is 1. The van der Waals surface area contributed by atoms with E-state index in [-0.39, 0.29) is 32.6 Å². The average molecular weight is 249 g/mol. The Kier molecular flexibility index (Phi) is 3.93. The van der Waals surface area contributed by atoms with Crippen LogP contribution in [-0.2, 0) is 9.59 Å². The lowest BCUT2D eigenvalue weighted by molar-refractivity contribution is -0.187. The van der Waals surface area contributed by atoms with Gasteiger partial charge < -0.3 is 9.80 Å². The Labute approximate surface area is 95.4 Å². The SMILES string of the molecule is N#CCC(=O)N1CCN(C(=O)C(F)(F)F)CC1. The van der Waals surface area contributed by atoms with Crippen molar-refractivity contribution < 1.29 is 22.8 Å². The Morgan fingerprint density at radius 1 is 1.12 bits per heavy atom. The van der Waals surface area contributed by atoms with Crippen LogP contribution in [0.5, 0.6) is 0 Å². The van der Waals surface area contributed by atoms with E-state index < -0.39 is 18.0 Å². The monoisotopic (exact) mass is 249 g/mol. The van der Waals surface area contributed by atoms with Gasteiger partial charge in [-0.2, -0.15) is 18.4 Å². The minimum atomic E-state index is -4.88. The lowest BCUT2D eigenvalue weighted by Crippen LogP contribution is -2.53. The first-order valence-electron chi connectivity index (χ1n) is 4.87. The first kappa shape index (κ1) is 13.3. The Bertz CT molecular complexity index is 353. The number of nitriles is 1. The van der Waals surface area contributed by atoms with E-state index in [4.69, 9.17) is 5.26 Å². The van der Waals surface area contributed by atoms with Crippen molar-refractivity contribution in [1.82, 2.24) is 9.80 Å². The van der Waals surface area contributed by atoms with Crippen molar-refractivity contribution in [3.63, 3.8) is 0 Å². The van der Waals surface area contributed by atoms with Crippen LogP contribution < -0.4 is 0 Å². The number of carbonyl (C=O) groups is 2. The molecule has 0 atom stereocenters. The highest BCUT2D eigenvalue weighted by Gasteiger charge is 2.43. The van der Waals surface area contributed by atoms with Crippen LogP contribution in [0.25, 0.3) is 0 Å². The topological polar surface area (TPSA) is 64.4 Å². The number of piperazine rings is 1. The fourth-order valence-electron chi connectivity index (χ4n) is 1.52. The molecule has 8 heteroatoms. The molecule has 0 radical (unpaired) electrons. The molecular weight excluding hydrogens is 239 g/mol. The number of amides is 2. The van der Waals surface area contributed by atoms with Crippen LogP contribution in [0, 0.1) is 11.3 Å². The third-order valence-electron chi connectivity index (χ3n) is 2.39. The molecule has 0 unspecified atom stereocenters. The van der Waals surface area contributed by atoms with Crippen LogP contribution in [-0.4, -0.2) is 54.0 Å². The zero-order valence-corrected chi connectivity index (χ0v) is 8.83. The Balaban J connectivity index is 2.49. The fourth-order valence-corrected chi connectivity index (χ4v) is 1.52. The van der Waals surface area contributed by atoms with Gasteiger partial charge in [0.25, 0.3) is 0 Å². The van der Waals surface area contributed by atoms with Crippen LogP contribution in [0.15, 0.2) is 0 Å². The Morgan fingerprint density at radius 2 is 1.59 bits per heavy atom. The second-order valence-corrected chi connectivity index (χ2v) is 3.51. The predicted octanol–water partition coefficient (Wildman–Crippen LogP) is 0.133. The lowest BCUT2D eigenvalue weighted by atomic mass is 10.3. The summed E-state index contributed by atoms with van der Waals surface area (Å²) in [6.07, 6.45) is -5.17. The number of nitrogens with zero attached hydrogens (tertiary/aromatic N) is 3. The molecule has 2 amide bonds. The summed E-state index contributed by atoms with van der Waals surface area (Å²) >= 11 is 0. The summed E-state index contributed by atoms with van der Waals surface area (Å²) in [5.41, 5.74) is 0. The third-order valence-corrected chi connectivity index (χ3v) is 2.39. The minimum absolute atomic E-state index is 0.0301. The molecule has 0 aromatic carbocycles. The van der Waals surface area contributed by atoms with Gasteiger partial charge >= 0.3 is 12.1 Å². The molecule has 1 fully saturated rings. The molecule has 94 valence electrons. The highest BCUT2D eigenvalue weighted by Crippen LogP contribution is 2.19. The molecule has 1 aliphatic rings. The largest absolute Gasteiger partial charge is 0.471 e. The first-order valence-corrected chi connectivity index (χ1v) is 4.87. The van der Waals surface area contributed by atoms with Gasteiger partial charge in [0.15, 0.2) is 0 Å². The molecule has 0 bridgehead atoms. The van der Waals surface area contributed by atoms with E-state index in [1.165, 1.54) is 4.90 Å². The van der Waals surface area contributed by atoms with E-state index >= 15 is 0 Å². The Hall–Kier alpha value is -1.78. The summed E-state index contributed by atoms with van der Waals surface area (Å²) in [5.74, 6) is -2.31. The Morgan fingerprint density at radius 3 is 2.00 bits per heavy atom. The molecule has 1 saturated heterocycles. The fraction of sp³-hybridized carbons (Fsp3) is 0.667. The summed E-state index contributed by atoms with van der Waals surface area (Å²) in [6.45, 7) is -0.254. The predicted molar refractivity (Wildman–Crippen MR) is 49.4 cm³/mol. The number of hydrogen-bond donors (Lipinski definition) is 0. The highest BCUT2D eigenvalue weighted by atomic mass is 19.4. The molecule has 0 aliphatic carbocycles. The standard InChI is InChI=1S/C9H10F3N3O2/c10-9(11,12)8(17)15-5-3-14(4-6-15)7(16)1-2-13/h1,3-6H2. The summed E-state index contributed by atoms with van der Waals surface area (Å²) in [4.78, 5) is 24.1. The van der Waals surface area contributed by atoms with E-state index in [0.29, 0.717) is 4.90 Å². The number of alkyl halides is 3. The van der Waals surface area contributed by atoms with Crippen molar-refractivity contribution in [1.29, 1.82) is 5.26 Å². The summed E-state index contributed by atoms with van der Waals surface area (Å²) in [6, 6.07) is 1.67. The van der Waals surface area contributed by atoms with Crippen LogP contribution >= 0.6 is 0 Å². The van der Waals surface area contributed by atoms with Crippen molar-refractivity contribution in [3.8, 4) is 6.07 Å². The maximum atomic E-state index is 12.1. The normalized spacial score (nSPS) is 16.6. The second kappa shape index (κ2) is 5.03. The molecule has 1 aliphatic heterocycles. The van der Waals surface area contributed by atoms with E-state index in [9.17, 15) is 22.8 Å². The maximum Gasteiger partial charge on any atom is 0.471 e. The van der Waals surface area contributed by atoms with Crippen molar-refractivity contribution in [2.75, 3.05) is 26.2 Å². The average Bonchev–Trinajstić information content (AvgIpc) is 2.27. The minimum Gasteiger partial charge on any atom is -0.338 e. The van der Waals surface area contributed by atoms with Gasteiger partial charge in [0.2, 0.25) is 5.91 Å². The lowest BCUT2D eigenvalue weighted by Gasteiger charge is -2.34. The zero-order chi connectivity index (χ0) is 13.1. The molecule has 17 heavy (non-hydrogen) atoms. The first-order chi connectivity index (χ1) is 7.86. The summed E-state index contributed by atoms with van der Waals surface area (Å²) < 4.78 is 36.3. The van der Waals surface area contributed by atoms with Gasteiger partial charge in [-0.25, -0.2) is 0 Å². The number of hydrogen-bond acceptors (Lipinski definition) is 3. The molecule has 0 aromatic heterocycles. The maximum absolute atomic E-state index is 12.1. The van der Waals surface area contributed by atoms with Crippen molar-refractivity contribution in [2.45, 2.75) is 12.6 Å². The van der Waals surface area contributed by atoms with E-state index in [1.54, 1.807) is 6.07 Å². The molecule has 0 aromatic rings. The van der Waals surface area contributed by atoms with Crippen molar-refractivity contribution >= 4 is 11.8 Å². The smallest absolute Gasteiger partial charge is 0.338 e. The van der Waals surface area contributed by atoms with Crippen molar-refractivity contribution in [3.05, 3.63) is 0 Å². The molecular formula is C9H10F3N3O2. The molecule has 5 nitrogen and oxygen atoms in total. The van der Waals surface area contributed by atoms with Gasteiger partial charge in [-0.1, -0.05) is 0 Å². The molecule has 1 heterocycles. The summed E-state index contributed by atoms with van der Waals surface area (Å²) in [5, 5.41) is 8.30.